The molecule has 3 heteroatoms. The normalized spacial score (nSPS) is 33.0. The van der Waals surface area contributed by atoms with E-state index in [1.54, 1.807) is 0 Å². The highest BCUT2D eigenvalue weighted by Gasteiger charge is 2.27. The largest absolute Gasteiger partial charge is 0.392 e. The molecule has 3 nitrogen and oxygen atoms in total. The quantitative estimate of drug-likeness (QED) is 0.633. The molecule has 0 unspecified atom stereocenters. The molecule has 0 bridgehead atoms. The first kappa shape index (κ1) is 8.97. The number of hydrogen-bond donors (Lipinski definition) is 1. The van der Waals surface area contributed by atoms with Crippen LogP contribution in [-0.2, 0) is 4.74 Å². The van der Waals surface area contributed by atoms with Gasteiger partial charge in [0.25, 0.3) is 0 Å². The van der Waals surface area contributed by atoms with Gasteiger partial charge in [0.15, 0.2) is 0 Å². The molecule has 66 valence electrons. The molecule has 11 heavy (non-hydrogen) atoms. The van der Waals surface area contributed by atoms with Crippen LogP contribution in [0.2, 0.25) is 0 Å². The summed E-state index contributed by atoms with van der Waals surface area (Å²) in [6, 6.07) is 0.421. The summed E-state index contributed by atoms with van der Waals surface area (Å²) in [5, 5.41) is 9.27. The summed E-state index contributed by atoms with van der Waals surface area (Å²) in [6.45, 7) is 4.30. The number of ether oxygens (including phenoxy) is 1. The van der Waals surface area contributed by atoms with Gasteiger partial charge in [-0.15, -0.1) is 0 Å². The van der Waals surface area contributed by atoms with Crippen LogP contribution in [0.25, 0.3) is 0 Å². The zero-order valence-electron chi connectivity index (χ0n) is 7.29. The molecule has 1 fully saturated rings. The minimum absolute atomic E-state index is 0.148. The molecule has 0 spiro atoms. The monoisotopic (exact) mass is 159 g/mol. The van der Waals surface area contributed by atoms with Crippen LogP contribution in [0.4, 0.5) is 0 Å². The van der Waals surface area contributed by atoms with Gasteiger partial charge in [-0.1, -0.05) is 0 Å². The van der Waals surface area contributed by atoms with Gasteiger partial charge < -0.3 is 9.84 Å². The van der Waals surface area contributed by atoms with E-state index in [-0.39, 0.29) is 6.10 Å². The topological polar surface area (TPSA) is 32.7 Å². The second-order valence-corrected chi connectivity index (χ2v) is 3.14. The molecule has 1 aliphatic rings. The molecule has 0 aliphatic carbocycles. The molecule has 1 aliphatic heterocycles. The van der Waals surface area contributed by atoms with Crippen molar-refractivity contribution in [2.45, 2.75) is 25.5 Å². The van der Waals surface area contributed by atoms with Crippen molar-refractivity contribution in [2.75, 3.05) is 26.8 Å². The maximum absolute atomic E-state index is 9.27. The summed E-state index contributed by atoms with van der Waals surface area (Å²) in [5.74, 6) is 0. The fourth-order valence-electron chi connectivity index (χ4n) is 1.50. The van der Waals surface area contributed by atoms with Crippen molar-refractivity contribution in [2.24, 2.45) is 0 Å². The number of nitrogens with zero attached hydrogens (tertiary/aromatic N) is 1. The van der Waals surface area contributed by atoms with Crippen LogP contribution in [0.15, 0.2) is 0 Å². The molecule has 2 atom stereocenters. The van der Waals surface area contributed by atoms with Crippen molar-refractivity contribution in [3.63, 3.8) is 0 Å². The van der Waals surface area contributed by atoms with E-state index in [0.29, 0.717) is 6.04 Å². The van der Waals surface area contributed by atoms with Crippen LogP contribution < -0.4 is 0 Å². The van der Waals surface area contributed by atoms with Crippen LogP contribution >= 0.6 is 0 Å². The van der Waals surface area contributed by atoms with Crippen molar-refractivity contribution in [1.82, 2.24) is 4.90 Å². The first-order valence-corrected chi connectivity index (χ1v) is 4.20. The molecule has 0 radical (unpaired) electrons. The van der Waals surface area contributed by atoms with E-state index >= 15 is 0 Å². The maximum atomic E-state index is 9.27. The van der Waals surface area contributed by atoms with Crippen LogP contribution in [0, 0.1) is 0 Å². The second-order valence-electron chi connectivity index (χ2n) is 3.14. The second kappa shape index (κ2) is 4.04. The summed E-state index contributed by atoms with van der Waals surface area (Å²) in [7, 11) is 2.03. The molecule has 0 aromatic rings. The molecule has 1 saturated heterocycles. The fraction of sp³-hybridized carbons (Fsp3) is 1.00. The third-order valence-corrected chi connectivity index (χ3v) is 2.18. The Hall–Kier alpha value is -0.120. The van der Waals surface area contributed by atoms with Gasteiger partial charge in [0, 0.05) is 19.2 Å². The Morgan fingerprint density at radius 3 is 2.82 bits per heavy atom. The number of likely N-dealkylation sites (N-methyl/N-ethyl adjacent to an activating group) is 1. The standard InChI is InChI=1S/C8H17NO2/c1-3-11-6-7-4-8(10)5-9(7)2/h7-8,10H,3-6H2,1-2H3/t7-,8+/m0/s1. The highest BCUT2D eigenvalue weighted by Crippen LogP contribution is 2.15. The SMILES string of the molecule is CCOC[C@@H]1C[C@@H](O)CN1C. The zero-order chi connectivity index (χ0) is 8.27. The molecule has 0 saturated carbocycles. The Morgan fingerprint density at radius 2 is 2.36 bits per heavy atom. The summed E-state index contributed by atoms with van der Waals surface area (Å²) in [6.07, 6.45) is 0.710. The number of rotatable bonds is 3. The third kappa shape index (κ3) is 2.43. The summed E-state index contributed by atoms with van der Waals surface area (Å²) in [4.78, 5) is 2.15. The van der Waals surface area contributed by atoms with Gasteiger partial charge >= 0.3 is 0 Å². The van der Waals surface area contributed by atoms with Crippen molar-refractivity contribution < 1.29 is 9.84 Å². The lowest BCUT2D eigenvalue weighted by molar-refractivity contribution is 0.0947. The van der Waals surface area contributed by atoms with Crippen molar-refractivity contribution in [3.05, 3.63) is 0 Å². The lowest BCUT2D eigenvalue weighted by Gasteiger charge is -2.17. The maximum Gasteiger partial charge on any atom is 0.0682 e. The van der Waals surface area contributed by atoms with Crippen molar-refractivity contribution >= 4 is 0 Å². The third-order valence-electron chi connectivity index (χ3n) is 2.18. The van der Waals surface area contributed by atoms with E-state index in [1.165, 1.54) is 0 Å². The Balaban J connectivity index is 2.23. The van der Waals surface area contributed by atoms with E-state index < -0.39 is 0 Å². The Bertz CT molecular complexity index is 119. The highest BCUT2D eigenvalue weighted by molar-refractivity contribution is 4.82. The molecule has 1 heterocycles. The lowest BCUT2D eigenvalue weighted by atomic mass is 10.2. The Morgan fingerprint density at radius 1 is 1.64 bits per heavy atom. The first-order valence-electron chi connectivity index (χ1n) is 4.20. The predicted octanol–water partition coefficient (Wildman–Crippen LogP) is 0.0879. The van der Waals surface area contributed by atoms with Crippen molar-refractivity contribution in [1.29, 1.82) is 0 Å². The fourth-order valence-corrected chi connectivity index (χ4v) is 1.50. The van der Waals surface area contributed by atoms with Gasteiger partial charge in [-0.3, -0.25) is 4.90 Å². The molecule has 0 aromatic carbocycles. The van der Waals surface area contributed by atoms with Crippen LogP contribution in [0.5, 0.6) is 0 Å². The molecule has 0 amide bonds. The molecule has 1 N–H and O–H groups in total. The zero-order valence-corrected chi connectivity index (χ0v) is 7.29. The van der Waals surface area contributed by atoms with Crippen LogP contribution in [0.3, 0.4) is 0 Å². The predicted molar refractivity (Wildman–Crippen MR) is 43.5 cm³/mol. The van der Waals surface area contributed by atoms with E-state index in [2.05, 4.69) is 4.90 Å². The smallest absolute Gasteiger partial charge is 0.0682 e. The van der Waals surface area contributed by atoms with E-state index in [9.17, 15) is 5.11 Å². The first-order chi connectivity index (χ1) is 5.24. The summed E-state index contributed by atoms with van der Waals surface area (Å²) >= 11 is 0. The molecular weight excluding hydrogens is 142 g/mol. The molecule has 0 aromatic heterocycles. The minimum atomic E-state index is -0.148. The Kier molecular flexibility index (Phi) is 3.30. The van der Waals surface area contributed by atoms with Gasteiger partial charge in [0.1, 0.15) is 0 Å². The number of hydrogen-bond acceptors (Lipinski definition) is 3. The lowest BCUT2D eigenvalue weighted by Crippen LogP contribution is -2.29. The van der Waals surface area contributed by atoms with E-state index in [4.69, 9.17) is 4.74 Å². The van der Waals surface area contributed by atoms with Gasteiger partial charge in [0.05, 0.1) is 12.7 Å². The molecular formula is C8H17NO2. The molecule has 1 rings (SSSR count). The van der Waals surface area contributed by atoms with E-state index in [1.807, 2.05) is 14.0 Å². The summed E-state index contributed by atoms with van der Waals surface area (Å²) in [5.41, 5.74) is 0. The average molecular weight is 159 g/mol. The van der Waals surface area contributed by atoms with E-state index in [0.717, 1.165) is 26.2 Å². The average Bonchev–Trinajstić information content (AvgIpc) is 2.26. The van der Waals surface area contributed by atoms with Gasteiger partial charge in [0.2, 0.25) is 0 Å². The highest BCUT2D eigenvalue weighted by atomic mass is 16.5. The number of aliphatic hydroxyl groups excluding tert-OH is 1. The van der Waals surface area contributed by atoms with Gasteiger partial charge in [-0.2, -0.15) is 0 Å². The van der Waals surface area contributed by atoms with Gasteiger partial charge in [-0.25, -0.2) is 0 Å². The van der Waals surface area contributed by atoms with Crippen LogP contribution in [-0.4, -0.2) is 49.0 Å². The van der Waals surface area contributed by atoms with Crippen molar-refractivity contribution in [3.8, 4) is 0 Å². The van der Waals surface area contributed by atoms with Gasteiger partial charge in [-0.05, 0) is 20.4 Å². The number of aliphatic hydroxyl groups is 1. The number of β-amino-alcohol motifs (C(OH)–C–C–N with tert-alkyl or cyclic N) is 1. The van der Waals surface area contributed by atoms with Crippen LogP contribution in [0.1, 0.15) is 13.3 Å². The minimum Gasteiger partial charge on any atom is -0.392 e. The summed E-state index contributed by atoms with van der Waals surface area (Å²) < 4.78 is 5.28. The Labute approximate surface area is 68.0 Å². The number of likely N-dealkylation sites (tertiary alicyclic amines) is 1.